The zero-order chi connectivity index (χ0) is 26.4. The summed E-state index contributed by atoms with van der Waals surface area (Å²) in [5, 5.41) is 4.20. The van der Waals surface area contributed by atoms with E-state index in [-0.39, 0.29) is 24.5 Å². The van der Waals surface area contributed by atoms with Crippen LogP contribution >= 0.6 is 0 Å². The van der Waals surface area contributed by atoms with Gasteiger partial charge in [0.2, 0.25) is 5.91 Å². The van der Waals surface area contributed by atoms with Crippen molar-refractivity contribution in [1.29, 1.82) is 0 Å². The number of alkyl halides is 6. The summed E-state index contributed by atoms with van der Waals surface area (Å²) in [7, 11) is 1.24. The van der Waals surface area contributed by atoms with Gasteiger partial charge in [0.15, 0.2) is 0 Å². The number of hydrogen-bond acceptors (Lipinski definition) is 4. The number of nitrogens with one attached hydrogen (secondary N) is 2. The van der Waals surface area contributed by atoms with E-state index in [0.29, 0.717) is 12.0 Å². The highest BCUT2D eigenvalue weighted by Gasteiger charge is 2.44. The quantitative estimate of drug-likeness (QED) is 0.449. The van der Waals surface area contributed by atoms with Crippen molar-refractivity contribution < 1.29 is 45.4 Å². The van der Waals surface area contributed by atoms with Gasteiger partial charge in [-0.25, -0.2) is 0 Å². The van der Waals surface area contributed by atoms with Crippen LogP contribution in [0.1, 0.15) is 37.8 Å². The Hall–Kier alpha value is -3.44. The van der Waals surface area contributed by atoms with Crippen molar-refractivity contribution in [2.24, 2.45) is 0 Å². The molecule has 0 aromatic heterocycles. The summed E-state index contributed by atoms with van der Waals surface area (Å²) < 4.78 is 88.1. The third kappa shape index (κ3) is 7.52. The molecule has 2 amide bonds. The first-order chi connectivity index (χ1) is 16.2. The number of ether oxygens (including phenoxy) is 2. The SMILES string of the molecule is CCCC(C)(NC(=O)C(F)(F)F)C(=O)NCc1ccc(Oc2ccc(OC)cc2C(F)(F)F)cc1. The first kappa shape index (κ1) is 27.8. The van der Waals surface area contributed by atoms with Gasteiger partial charge >= 0.3 is 18.3 Å². The van der Waals surface area contributed by atoms with Crippen molar-refractivity contribution >= 4 is 11.8 Å². The lowest BCUT2D eigenvalue weighted by molar-refractivity contribution is -0.176. The molecule has 0 aliphatic heterocycles. The van der Waals surface area contributed by atoms with Gasteiger partial charge in [-0.1, -0.05) is 25.5 Å². The van der Waals surface area contributed by atoms with Crippen molar-refractivity contribution in [3.8, 4) is 17.2 Å². The van der Waals surface area contributed by atoms with E-state index in [0.717, 1.165) is 12.1 Å². The molecule has 6 nitrogen and oxygen atoms in total. The third-order valence-corrected chi connectivity index (χ3v) is 4.99. The molecular formula is C23H24F6N2O4. The van der Waals surface area contributed by atoms with E-state index in [2.05, 4.69) is 5.32 Å². The van der Waals surface area contributed by atoms with Gasteiger partial charge in [0.05, 0.1) is 7.11 Å². The van der Waals surface area contributed by atoms with E-state index in [4.69, 9.17) is 9.47 Å². The molecule has 1 unspecified atom stereocenters. The molecule has 2 rings (SSSR count). The van der Waals surface area contributed by atoms with E-state index in [1.165, 1.54) is 44.4 Å². The molecule has 0 saturated carbocycles. The molecular weight excluding hydrogens is 482 g/mol. The summed E-state index contributed by atoms with van der Waals surface area (Å²) in [6.07, 6.45) is -9.52. The largest absolute Gasteiger partial charge is 0.497 e. The Bertz CT molecular complexity index is 1040. The van der Waals surface area contributed by atoms with Crippen LogP contribution < -0.4 is 20.1 Å². The lowest BCUT2D eigenvalue weighted by atomic mass is 9.94. The van der Waals surface area contributed by atoms with Crippen molar-refractivity contribution in [2.75, 3.05) is 7.11 Å². The van der Waals surface area contributed by atoms with Gasteiger partial charge in [0.25, 0.3) is 0 Å². The van der Waals surface area contributed by atoms with E-state index >= 15 is 0 Å². The predicted molar refractivity (Wildman–Crippen MR) is 114 cm³/mol. The zero-order valence-electron chi connectivity index (χ0n) is 19.1. The average molecular weight is 506 g/mol. The number of benzene rings is 2. The summed E-state index contributed by atoms with van der Waals surface area (Å²) in [5.74, 6) is -3.37. The fourth-order valence-corrected chi connectivity index (χ4v) is 3.18. The summed E-state index contributed by atoms with van der Waals surface area (Å²) in [6, 6.07) is 8.95. The molecule has 0 aliphatic carbocycles. The van der Waals surface area contributed by atoms with Gasteiger partial charge in [-0.15, -0.1) is 0 Å². The number of amides is 2. The molecule has 2 aromatic carbocycles. The molecule has 12 heteroatoms. The number of methoxy groups -OCH3 is 1. The molecule has 0 bridgehead atoms. The average Bonchev–Trinajstić information content (AvgIpc) is 2.77. The maximum absolute atomic E-state index is 13.3. The molecule has 0 saturated heterocycles. The van der Waals surface area contributed by atoms with Crippen LogP contribution in [0.3, 0.4) is 0 Å². The number of carbonyl (C=O) groups is 2. The van der Waals surface area contributed by atoms with Crippen molar-refractivity contribution in [3.05, 3.63) is 53.6 Å². The summed E-state index contributed by atoms with van der Waals surface area (Å²) >= 11 is 0. The lowest BCUT2D eigenvalue weighted by Crippen LogP contribution is -2.59. The summed E-state index contributed by atoms with van der Waals surface area (Å²) in [4.78, 5) is 23.9. The third-order valence-electron chi connectivity index (χ3n) is 4.99. The Morgan fingerprint density at radius 2 is 1.51 bits per heavy atom. The Kier molecular flexibility index (Phi) is 8.64. The Morgan fingerprint density at radius 3 is 2.03 bits per heavy atom. The minimum absolute atomic E-state index is 0.0114. The Balaban J connectivity index is 2.09. The maximum atomic E-state index is 13.3. The fraction of sp³-hybridized carbons (Fsp3) is 0.391. The molecule has 192 valence electrons. The fourth-order valence-electron chi connectivity index (χ4n) is 3.18. The smallest absolute Gasteiger partial charge is 0.471 e. The van der Waals surface area contributed by atoms with Gasteiger partial charge in [0, 0.05) is 6.54 Å². The van der Waals surface area contributed by atoms with Gasteiger partial charge in [-0.2, -0.15) is 26.3 Å². The molecule has 0 spiro atoms. The van der Waals surface area contributed by atoms with Crippen LogP contribution in [0.2, 0.25) is 0 Å². The summed E-state index contributed by atoms with van der Waals surface area (Å²) in [5.41, 5.74) is -2.31. The van der Waals surface area contributed by atoms with Crippen molar-refractivity contribution in [2.45, 2.75) is 51.1 Å². The number of hydrogen-bond donors (Lipinski definition) is 2. The van der Waals surface area contributed by atoms with E-state index in [9.17, 15) is 35.9 Å². The first-order valence-electron chi connectivity index (χ1n) is 10.4. The molecule has 0 radical (unpaired) electrons. The second kappa shape index (κ2) is 10.9. The van der Waals surface area contributed by atoms with Crippen molar-refractivity contribution in [1.82, 2.24) is 10.6 Å². The molecule has 2 N–H and O–H groups in total. The number of halogens is 6. The highest BCUT2D eigenvalue weighted by molar-refractivity contribution is 5.92. The molecule has 0 heterocycles. The zero-order valence-corrected chi connectivity index (χ0v) is 19.1. The Labute approximate surface area is 197 Å². The second-order valence-corrected chi connectivity index (χ2v) is 7.82. The molecule has 2 aromatic rings. The number of carbonyl (C=O) groups excluding carboxylic acids is 2. The van der Waals surface area contributed by atoms with E-state index < -0.39 is 41.0 Å². The van der Waals surface area contributed by atoms with Crippen LogP contribution in [0.4, 0.5) is 26.3 Å². The normalized spacial score (nSPS) is 13.5. The van der Waals surface area contributed by atoms with E-state index in [1.54, 1.807) is 12.2 Å². The van der Waals surface area contributed by atoms with Crippen LogP contribution in [-0.4, -0.2) is 30.6 Å². The van der Waals surface area contributed by atoms with Crippen molar-refractivity contribution in [3.63, 3.8) is 0 Å². The van der Waals surface area contributed by atoms with E-state index in [1.807, 2.05) is 0 Å². The molecule has 0 aliphatic rings. The lowest BCUT2D eigenvalue weighted by Gasteiger charge is -2.29. The predicted octanol–water partition coefficient (Wildman–Crippen LogP) is 5.36. The van der Waals surface area contributed by atoms with Crippen LogP contribution in [0, 0.1) is 0 Å². The van der Waals surface area contributed by atoms with Gasteiger partial charge in [-0.3, -0.25) is 9.59 Å². The van der Waals surface area contributed by atoms with Gasteiger partial charge < -0.3 is 20.1 Å². The second-order valence-electron chi connectivity index (χ2n) is 7.82. The molecule has 35 heavy (non-hydrogen) atoms. The topological polar surface area (TPSA) is 76.7 Å². The number of rotatable bonds is 9. The van der Waals surface area contributed by atoms with Gasteiger partial charge in [-0.05, 0) is 49.2 Å². The van der Waals surface area contributed by atoms with Gasteiger partial charge in [0.1, 0.15) is 28.4 Å². The van der Waals surface area contributed by atoms with Crippen LogP contribution in [-0.2, 0) is 22.3 Å². The monoisotopic (exact) mass is 506 g/mol. The van der Waals surface area contributed by atoms with Crippen LogP contribution in [0.15, 0.2) is 42.5 Å². The van der Waals surface area contributed by atoms with Crippen LogP contribution in [0.25, 0.3) is 0 Å². The molecule has 1 atom stereocenters. The molecule has 0 fully saturated rings. The Morgan fingerprint density at radius 1 is 0.914 bits per heavy atom. The maximum Gasteiger partial charge on any atom is 0.471 e. The van der Waals surface area contributed by atoms with Crippen LogP contribution in [0.5, 0.6) is 17.2 Å². The first-order valence-corrected chi connectivity index (χ1v) is 10.4. The highest BCUT2D eigenvalue weighted by atomic mass is 19.4. The standard InChI is InChI=1S/C23H24F6N2O4/c1-4-11-21(2,31-20(33)23(27,28)29)19(32)30-13-14-5-7-15(8-6-14)35-18-10-9-16(34-3)12-17(18)22(24,25)26/h5-10,12H,4,11,13H2,1-3H3,(H,30,32)(H,31,33). The summed E-state index contributed by atoms with van der Waals surface area (Å²) in [6.45, 7) is 2.74. The highest BCUT2D eigenvalue weighted by Crippen LogP contribution is 2.40. The minimum atomic E-state index is -5.14. The minimum Gasteiger partial charge on any atom is -0.497 e.